The second-order valence-electron chi connectivity index (χ2n) is 9.32. The molecule has 36 heavy (non-hydrogen) atoms. The minimum absolute atomic E-state index is 0.257. The Hall–Kier alpha value is -2.77. The fraction of sp³-hybridized carbons (Fsp3) is 0.542. The van der Waals surface area contributed by atoms with Gasteiger partial charge >= 0.3 is 6.09 Å². The predicted octanol–water partition coefficient (Wildman–Crippen LogP) is 1.60. The Morgan fingerprint density at radius 1 is 1.06 bits per heavy atom. The number of H-pyrrole nitrogens is 1. The van der Waals surface area contributed by atoms with Gasteiger partial charge in [0.05, 0.1) is 23.8 Å². The summed E-state index contributed by atoms with van der Waals surface area (Å²) in [7, 11) is 0. The highest BCUT2D eigenvalue weighted by Crippen LogP contribution is 2.35. The standard InChI is InChI=1S/C24H32N8O3S/c33-24(35-32-5-3-25-4-6-32)31-9-7-30(8-10-31)23-27-16-21(36-23)22-19-15-18(28-20(19)1-2-26-22)17-29-11-13-34-14-12-29/h1-2,15-16,25,28H,3-14,17H2. The topological polar surface area (TPSA) is 102 Å². The molecule has 192 valence electrons. The molecule has 11 nitrogen and oxygen atoms in total. The number of amides is 1. The van der Waals surface area contributed by atoms with Crippen LogP contribution in [0, 0.1) is 0 Å². The van der Waals surface area contributed by atoms with E-state index in [1.165, 1.54) is 5.69 Å². The number of hydroxylamine groups is 2. The van der Waals surface area contributed by atoms with Crippen LogP contribution in [0.4, 0.5) is 9.93 Å². The fourth-order valence-electron chi connectivity index (χ4n) is 4.90. The Morgan fingerprint density at radius 2 is 1.86 bits per heavy atom. The monoisotopic (exact) mass is 512 g/mol. The number of pyridine rings is 1. The molecule has 3 aliphatic heterocycles. The van der Waals surface area contributed by atoms with Crippen LogP contribution in [0.25, 0.3) is 21.5 Å². The van der Waals surface area contributed by atoms with Gasteiger partial charge in [-0.1, -0.05) is 11.3 Å². The molecule has 3 saturated heterocycles. The van der Waals surface area contributed by atoms with E-state index in [1.54, 1.807) is 21.3 Å². The van der Waals surface area contributed by atoms with E-state index in [9.17, 15) is 4.79 Å². The number of aromatic nitrogens is 3. The minimum atomic E-state index is -0.257. The summed E-state index contributed by atoms with van der Waals surface area (Å²) in [4.78, 5) is 38.6. The molecular formula is C24H32N8O3S. The number of hydrogen-bond acceptors (Lipinski definition) is 10. The molecule has 3 aliphatic rings. The Labute approximate surface area is 213 Å². The number of rotatable bonds is 5. The molecule has 1 amide bonds. The average molecular weight is 513 g/mol. The molecule has 0 aromatic carbocycles. The van der Waals surface area contributed by atoms with Crippen molar-refractivity contribution in [1.82, 2.24) is 35.1 Å². The second-order valence-corrected chi connectivity index (χ2v) is 10.3. The number of nitrogens with one attached hydrogen (secondary N) is 2. The number of aromatic amines is 1. The molecule has 0 spiro atoms. The van der Waals surface area contributed by atoms with Gasteiger partial charge in [-0.2, -0.15) is 0 Å². The minimum Gasteiger partial charge on any atom is -0.379 e. The molecule has 12 heteroatoms. The smallest absolute Gasteiger partial charge is 0.379 e. The molecular weight excluding hydrogens is 480 g/mol. The van der Waals surface area contributed by atoms with Crippen LogP contribution in [-0.2, 0) is 16.1 Å². The summed E-state index contributed by atoms with van der Waals surface area (Å²) in [5.41, 5.74) is 3.24. The number of carbonyl (C=O) groups excluding carboxylic acids is 1. The highest BCUT2D eigenvalue weighted by atomic mass is 32.1. The van der Waals surface area contributed by atoms with Crippen LogP contribution in [0.15, 0.2) is 24.5 Å². The fourth-order valence-corrected chi connectivity index (χ4v) is 5.88. The van der Waals surface area contributed by atoms with Crippen molar-refractivity contribution >= 4 is 33.5 Å². The number of anilines is 1. The zero-order valence-corrected chi connectivity index (χ0v) is 21.1. The third kappa shape index (κ3) is 5.18. The van der Waals surface area contributed by atoms with Crippen molar-refractivity contribution < 1.29 is 14.4 Å². The van der Waals surface area contributed by atoms with Gasteiger partial charge in [-0.05, 0) is 12.1 Å². The van der Waals surface area contributed by atoms with E-state index < -0.39 is 0 Å². The third-order valence-corrected chi connectivity index (χ3v) is 7.98. The summed E-state index contributed by atoms with van der Waals surface area (Å²) in [5.74, 6) is 0. The summed E-state index contributed by atoms with van der Waals surface area (Å²) in [6.07, 6.45) is 3.52. The van der Waals surface area contributed by atoms with E-state index in [4.69, 9.17) is 19.5 Å². The first kappa shape index (κ1) is 23.6. The molecule has 3 aromatic heterocycles. The van der Waals surface area contributed by atoms with E-state index in [1.807, 2.05) is 18.5 Å². The lowest BCUT2D eigenvalue weighted by Crippen LogP contribution is -2.52. The van der Waals surface area contributed by atoms with Crippen LogP contribution in [-0.4, -0.2) is 115 Å². The maximum absolute atomic E-state index is 12.5. The van der Waals surface area contributed by atoms with Crippen LogP contribution in [0.1, 0.15) is 5.69 Å². The predicted molar refractivity (Wildman–Crippen MR) is 138 cm³/mol. The maximum Gasteiger partial charge on any atom is 0.429 e. The van der Waals surface area contributed by atoms with E-state index in [2.05, 4.69) is 26.2 Å². The van der Waals surface area contributed by atoms with Crippen molar-refractivity contribution in [2.75, 3.05) is 83.6 Å². The van der Waals surface area contributed by atoms with Crippen molar-refractivity contribution in [3.8, 4) is 10.6 Å². The van der Waals surface area contributed by atoms with E-state index in [0.717, 1.165) is 98.7 Å². The van der Waals surface area contributed by atoms with Crippen molar-refractivity contribution in [3.63, 3.8) is 0 Å². The average Bonchev–Trinajstić information content (AvgIpc) is 3.57. The van der Waals surface area contributed by atoms with Crippen LogP contribution in [0.3, 0.4) is 0 Å². The van der Waals surface area contributed by atoms with Crippen molar-refractivity contribution in [3.05, 3.63) is 30.2 Å². The van der Waals surface area contributed by atoms with E-state index in [0.29, 0.717) is 13.1 Å². The van der Waals surface area contributed by atoms with Gasteiger partial charge in [0.1, 0.15) is 0 Å². The first-order valence-corrected chi connectivity index (χ1v) is 13.4. The van der Waals surface area contributed by atoms with Gasteiger partial charge in [-0.25, -0.2) is 9.78 Å². The molecule has 3 aromatic rings. The van der Waals surface area contributed by atoms with E-state index in [-0.39, 0.29) is 6.09 Å². The maximum atomic E-state index is 12.5. The zero-order valence-electron chi connectivity index (χ0n) is 20.3. The molecule has 6 heterocycles. The lowest BCUT2D eigenvalue weighted by atomic mass is 10.2. The van der Waals surface area contributed by atoms with Crippen LogP contribution >= 0.6 is 11.3 Å². The van der Waals surface area contributed by atoms with E-state index >= 15 is 0 Å². The van der Waals surface area contributed by atoms with Gasteiger partial charge in [0.15, 0.2) is 5.13 Å². The summed E-state index contributed by atoms with van der Waals surface area (Å²) in [6, 6.07) is 4.25. The zero-order chi connectivity index (χ0) is 24.3. The van der Waals surface area contributed by atoms with Gasteiger partial charge in [-0.15, -0.1) is 5.06 Å². The first-order chi connectivity index (χ1) is 17.7. The SMILES string of the molecule is O=C(ON1CCNCC1)N1CCN(c2ncc(-c3nccc4[nH]c(CN5CCOCC5)cc34)s2)CC1. The molecule has 0 atom stereocenters. The summed E-state index contributed by atoms with van der Waals surface area (Å²) in [5, 5.41) is 7.09. The molecule has 0 aliphatic carbocycles. The lowest BCUT2D eigenvalue weighted by molar-refractivity contribution is -0.118. The number of morpholine rings is 1. The lowest BCUT2D eigenvalue weighted by Gasteiger charge is -2.35. The molecule has 6 rings (SSSR count). The Morgan fingerprint density at radius 3 is 2.67 bits per heavy atom. The highest BCUT2D eigenvalue weighted by Gasteiger charge is 2.26. The number of thiazole rings is 1. The van der Waals surface area contributed by atoms with Crippen molar-refractivity contribution in [2.45, 2.75) is 6.54 Å². The molecule has 3 fully saturated rings. The first-order valence-electron chi connectivity index (χ1n) is 12.6. The summed E-state index contributed by atoms with van der Waals surface area (Å²) < 4.78 is 5.47. The molecule has 2 N–H and O–H groups in total. The quantitative estimate of drug-likeness (QED) is 0.528. The Bertz CT molecular complexity index is 1180. The van der Waals surface area contributed by atoms with Gasteiger partial charge in [0.25, 0.3) is 0 Å². The summed E-state index contributed by atoms with van der Waals surface area (Å²) >= 11 is 1.65. The number of ether oxygens (including phenoxy) is 1. The number of hydrogen-bond donors (Lipinski definition) is 2. The van der Waals surface area contributed by atoms with Gasteiger partial charge in [-0.3, -0.25) is 9.88 Å². The van der Waals surface area contributed by atoms with Gasteiger partial charge < -0.3 is 29.7 Å². The number of carbonyl (C=O) groups is 1. The van der Waals surface area contributed by atoms with Crippen LogP contribution in [0.2, 0.25) is 0 Å². The molecule has 0 unspecified atom stereocenters. The van der Waals surface area contributed by atoms with Gasteiger partial charge in [0.2, 0.25) is 0 Å². The van der Waals surface area contributed by atoms with Crippen LogP contribution in [0.5, 0.6) is 0 Å². The Kier molecular flexibility index (Phi) is 7.01. The van der Waals surface area contributed by atoms with Crippen LogP contribution < -0.4 is 10.2 Å². The third-order valence-electron chi connectivity index (χ3n) is 6.92. The van der Waals surface area contributed by atoms with Crippen molar-refractivity contribution in [1.29, 1.82) is 0 Å². The Balaban J connectivity index is 1.10. The normalized spacial score (nSPS) is 20.2. The summed E-state index contributed by atoms with van der Waals surface area (Å²) in [6.45, 7) is 10.2. The highest BCUT2D eigenvalue weighted by molar-refractivity contribution is 7.19. The number of nitrogens with zero attached hydrogens (tertiary/aromatic N) is 6. The molecule has 0 radical (unpaired) electrons. The molecule has 0 bridgehead atoms. The van der Waals surface area contributed by atoms with Crippen molar-refractivity contribution in [2.24, 2.45) is 0 Å². The van der Waals surface area contributed by atoms with Gasteiger partial charge in [0, 0.05) is 101 Å². The largest absolute Gasteiger partial charge is 0.429 e. The number of fused-ring (bicyclic) bond motifs is 1. The molecule has 0 saturated carbocycles. The number of piperazine rings is 2. The second kappa shape index (κ2) is 10.7.